The number of hydrogen-bond acceptors (Lipinski definition) is 2. The van der Waals surface area contributed by atoms with Crippen molar-refractivity contribution in [2.45, 2.75) is 31.8 Å². The van der Waals surface area contributed by atoms with Crippen molar-refractivity contribution < 1.29 is 0 Å². The van der Waals surface area contributed by atoms with Gasteiger partial charge >= 0.3 is 0 Å². The monoisotopic (exact) mass is 232 g/mol. The Morgan fingerprint density at radius 1 is 1.44 bits per heavy atom. The normalized spacial score (nSPS) is 19.7. The Morgan fingerprint density at radius 2 is 2.38 bits per heavy atom. The zero-order chi connectivity index (χ0) is 11.0. The summed E-state index contributed by atoms with van der Waals surface area (Å²) in [6.45, 7) is 0.992. The maximum Gasteiger partial charge on any atom is 0.0481 e. The number of nitrogens with two attached hydrogens (primary N) is 1. The van der Waals surface area contributed by atoms with E-state index in [9.17, 15) is 0 Å². The van der Waals surface area contributed by atoms with E-state index in [1.807, 2.05) is 0 Å². The Bertz CT molecular complexity index is 470. The standard InChI is InChI=1S/C13H16N2S/c14-12-2-1-3-13-11(12)4-6-15(13)8-10-5-7-16-9-10/h4-7,9,12H,1-3,8,14H2. The van der Waals surface area contributed by atoms with Crippen molar-refractivity contribution in [1.29, 1.82) is 0 Å². The summed E-state index contributed by atoms with van der Waals surface area (Å²) in [6, 6.07) is 4.65. The SMILES string of the molecule is NC1CCCc2c1ccn2Cc1ccsc1. The second-order valence-corrected chi connectivity index (χ2v) is 5.26. The summed E-state index contributed by atoms with van der Waals surface area (Å²) < 4.78 is 2.36. The molecule has 3 heteroatoms. The lowest BCUT2D eigenvalue weighted by molar-refractivity contribution is 0.548. The van der Waals surface area contributed by atoms with Crippen LogP contribution in [0.4, 0.5) is 0 Å². The van der Waals surface area contributed by atoms with E-state index in [2.05, 4.69) is 33.7 Å². The van der Waals surface area contributed by atoms with Crippen molar-refractivity contribution in [3.63, 3.8) is 0 Å². The molecule has 0 fully saturated rings. The van der Waals surface area contributed by atoms with Crippen LogP contribution in [0, 0.1) is 0 Å². The molecule has 1 aliphatic rings. The van der Waals surface area contributed by atoms with Gasteiger partial charge in [-0.05, 0) is 53.3 Å². The van der Waals surface area contributed by atoms with E-state index in [0.717, 1.165) is 13.0 Å². The van der Waals surface area contributed by atoms with Gasteiger partial charge in [0.1, 0.15) is 0 Å². The highest BCUT2D eigenvalue weighted by atomic mass is 32.1. The molecule has 0 aliphatic heterocycles. The Kier molecular flexibility index (Phi) is 2.58. The lowest BCUT2D eigenvalue weighted by Gasteiger charge is -2.20. The predicted octanol–water partition coefficient (Wildman–Crippen LogP) is 2.93. The van der Waals surface area contributed by atoms with Gasteiger partial charge in [0.2, 0.25) is 0 Å². The van der Waals surface area contributed by atoms with Crippen LogP contribution in [0.3, 0.4) is 0 Å². The largest absolute Gasteiger partial charge is 0.347 e. The van der Waals surface area contributed by atoms with Gasteiger partial charge in [0.25, 0.3) is 0 Å². The molecule has 0 radical (unpaired) electrons. The molecule has 16 heavy (non-hydrogen) atoms. The Labute approximate surface area is 99.7 Å². The fourth-order valence-corrected chi connectivity index (χ4v) is 3.18. The van der Waals surface area contributed by atoms with Gasteiger partial charge in [-0.1, -0.05) is 0 Å². The Morgan fingerprint density at radius 3 is 3.19 bits per heavy atom. The molecule has 2 nitrogen and oxygen atoms in total. The minimum absolute atomic E-state index is 0.257. The summed E-state index contributed by atoms with van der Waals surface area (Å²) in [4.78, 5) is 0. The second-order valence-electron chi connectivity index (χ2n) is 4.48. The third kappa shape index (κ3) is 1.70. The summed E-state index contributed by atoms with van der Waals surface area (Å²) >= 11 is 1.76. The summed E-state index contributed by atoms with van der Waals surface area (Å²) in [7, 11) is 0. The zero-order valence-corrected chi connectivity index (χ0v) is 10.0. The molecule has 0 saturated carbocycles. The molecule has 0 spiro atoms. The van der Waals surface area contributed by atoms with E-state index in [0.29, 0.717) is 0 Å². The number of rotatable bonds is 2. The molecule has 2 N–H and O–H groups in total. The summed E-state index contributed by atoms with van der Waals surface area (Å²) in [5.41, 5.74) is 10.3. The van der Waals surface area contributed by atoms with E-state index in [4.69, 9.17) is 5.73 Å². The summed E-state index contributed by atoms with van der Waals surface area (Å²) in [5.74, 6) is 0. The predicted molar refractivity (Wildman–Crippen MR) is 67.7 cm³/mol. The van der Waals surface area contributed by atoms with E-state index in [-0.39, 0.29) is 6.04 Å². The first-order valence-corrected chi connectivity index (χ1v) is 6.73. The Hall–Kier alpha value is -1.06. The van der Waals surface area contributed by atoms with Crippen LogP contribution >= 0.6 is 11.3 Å². The molecule has 0 aromatic carbocycles. The van der Waals surface area contributed by atoms with Gasteiger partial charge in [-0.2, -0.15) is 11.3 Å². The quantitative estimate of drug-likeness (QED) is 0.848. The van der Waals surface area contributed by atoms with Crippen LogP contribution in [-0.2, 0) is 13.0 Å². The lowest BCUT2D eigenvalue weighted by Crippen LogP contribution is -2.18. The number of hydrogen-bond donors (Lipinski definition) is 1. The van der Waals surface area contributed by atoms with Gasteiger partial charge in [0.15, 0.2) is 0 Å². The lowest BCUT2D eigenvalue weighted by atomic mass is 9.93. The average molecular weight is 232 g/mol. The smallest absolute Gasteiger partial charge is 0.0481 e. The number of fused-ring (bicyclic) bond motifs is 1. The maximum atomic E-state index is 6.12. The van der Waals surface area contributed by atoms with Crippen LogP contribution in [0.25, 0.3) is 0 Å². The minimum atomic E-state index is 0.257. The fourth-order valence-electron chi connectivity index (χ4n) is 2.52. The van der Waals surface area contributed by atoms with Gasteiger partial charge in [-0.3, -0.25) is 0 Å². The molecule has 84 valence electrons. The van der Waals surface area contributed by atoms with Crippen LogP contribution in [0.15, 0.2) is 29.1 Å². The van der Waals surface area contributed by atoms with Crippen LogP contribution in [0.1, 0.15) is 35.7 Å². The highest BCUT2D eigenvalue weighted by molar-refractivity contribution is 7.07. The maximum absolute atomic E-state index is 6.12. The molecule has 1 atom stereocenters. The second kappa shape index (κ2) is 4.07. The summed E-state index contributed by atoms with van der Waals surface area (Å²) in [5, 5.41) is 4.35. The zero-order valence-electron chi connectivity index (χ0n) is 9.23. The summed E-state index contributed by atoms with van der Waals surface area (Å²) in [6.07, 6.45) is 5.73. The minimum Gasteiger partial charge on any atom is -0.347 e. The highest BCUT2D eigenvalue weighted by Gasteiger charge is 2.19. The van der Waals surface area contributed by atoms with Crippen LogP contribution in [-0.4, -0.2) is 4.57 Å². The molecule has 0 amide bonds. The average Bonchev–Trinajstić information content (AvgIpc) is 2.90. The topological polar surface area (TPSA) is 30.9 Å². The van der Waals surface area contributed by atoms with Crippen molar-refractivity contribution >= 4 is 11.3 Å². The number of nitrogens with zero attached hydrogens (tertiary/aromatic N) is 1. The Balaban J connectivity index is 1.91. The third-order valence-corrected chi connectivity index (χ3v) is 4.11. The molecule has 0 bridgehead atoms. The number of aromatic nitrogens is 1. The molecule has 1 unspecified atom stereocenters. The van der Waals surface area contributed by atoms with Crippen molar-refractivity contribution in [3.8, 4) is 0 Å². The van der Waals surface area contributed by atoms with Crippen molar-refractivity contribution in [1.82, 2.24) is 4.57 Å². The third-order valence-electron chi connectivity index (χ3n) is 3.38. The molecule has 2 aromatic heterocycles. The molecule has 1 aliphatic carbocycles. The van der Waals surface area contributed by atoms with Gasteiger partial charge in [0.05, 0.1) is 0 Å². The molecule has 3 rings (SSSR count). The van der Waals surface area contributed by atoms with Crippen molar-refractivity contribution in [2.24, 2.45) is 5.73 Å². The van der Waals surface area contributed by atoms with E-state index >= 15 is 0 Å². The molecular formula is C13H16N2S. The first-order chi connectivity index (χ1) is 7.84. The van der Waals surface area contributed by atoms with E-state index < -0.39 is 0 Å². The van der Waals surface area contributed by atoms with E-state index in [1.54, 1.807) is 11.3 Å². The van der Waals surface area contributed by atoms with Crippen LogP contribution < -0.4 is 5.73 Å². The van der Waals surface area contributed by atoms with Gasteiger partial charge in [0, 0.05) is 24.5 Å². The van der Waals surface area contributed by atoms with Gasteiger partial charge < -0.3 is 10.3 Å². The molecule has 2 aromatic rings. The number of thiophene rings is 1. The first-order valence-electron chi connectivity index (χ1n) is 5.79. The fraction of sp³-hybridized carbons (Fsp3) is 0.385. The first kappa shape index (κ1) is 10.1. The van der Waals surface area contributed by atoms with Crippen LogP contribution in [0.5, 0.6) is 0 Å². The molecule has 2 heterocycles. The molecular weight excluding hydrogens is 216 g/mol. The van der Waals surface area contributed by atoms with Gasteiger partial charge in [-0.15, -0.1) is 0 Å². The van der Waals surface area contributed by atoms with E-state index in [1.165, 1.54) is 29.7 Å². The highest BCUT2D eigenvalue weighted by Crippen LogP contribution is 2.29. The van der Waals surface area contributed by atoms with Crippen molar-refractivity contribution in [2.75, 3.05) is 0 Å². The van der Waals surface area contributed by atoms with Gasteiger partial charge in [-0.25, -0.2) is 0 Å². The van der Waals surface area contributed by atoms with Crippen LogP contribution in [0.2, 0.25) is 0 Å². The van der Waals surface area contributed by atoms with Crippen molar-refractivity contribution in [3.05, 3.63) is 45.9 Å². The molecule has 0 saturated heterocycles.